The highest BCUT2D eigenvalue weighted by atomic mass is 35.5. The highest BCUT2D eigenvalue weighted by molar-refractivity contribution is 6.30. The molecule has 2 nitrogen and oxygen atoms in total. The van der Waals surface area contributed by atoms with Crippen LogP contribution < -0.4 is 5.73 Å². The van der Waals surface area contributed by atoms with Gasteiger partial charge in [0.1, 0.15) is 5.15 Å². The fourth-order valence-corrected chi connectivity index (χ4v) is 1.96. The number of halogens is 1. The number of pyridine rings is 1. The molecule has 0 aliphatic carbocycles. The van der Waals surface area contributed by atoms with E-state index in [-0.39, 0.29) is 0 Å². The first-order valence-electron chi connectivity index (χ1n) is 5.69. The van der Waals surface area contributed by atoms with Crippen LogP contribution in [0.1, 0.15) is 18.1 Å². The fourth-order valence-electron chi connectivity index (χ4n) is 1.73. The second-order valence-electron chi connectivity index (χ2n) is 3.90. The van der Waals surface area contributed by atoms with Crippen molar-refractivity contribution in [3.8, 4) is 11.3 Å². The number of hydrogen-bond acceptors (Lipinski definition) is 2. The Balaban J connectivity index is 2.42. The average molecular weight is 247 g/mol. The van der Waals surface area contributed by atoms with Crippen molar-refractivity contribution in [2.24, 2.45) is 5.73 Å². The Morgan fingerprint density at radius 3 is 2.71 bits per heavy atom. The maximum absolute atomic E-state index is 6.06. The number of rotatable bonds is 3. The third-order valence-corrected chi connectivity index (χ3v) is 3.10. The molecule has 2 rings (SSSR count). The van der Waals surface area contributed by atoms with Crippen LogP contribution >= 0.6 is 11.6 Å². The normalized spacial score (nSPS) is 10.5. The molecular weight excluding hydrogens is 232 g/mol. The van der Waals surface area contributed by atoms with Gasteiger partial charge in [0.25, 0.3) is 0 Å². The zero-order chi connectivity index (χ0) is 12.3. The van der Waals surface area contributed by atoms with E-state index in [1.54, 1.807) is 0 Å². The smallest absolute Gasteiger partial charge is 0.134 e. The van der Waals surface area contributed by atoms with Gasteiger partial charge in [-0.1, -0.05) is 42.8 Å². The Hall–Kier alpha value is -1.38. The zero-order valence-electron chi connectivity index (χ0n) is 9.78. The summed E-state index contributed by atoms with van der Waals surface area (Å²) in [5.41, 5.74) is 9.72. The topological polar surface area (TPSA) is 38.9 Å². The number of aromatic nitrogens is 1. The van der Waals surface area contributed by atoms with E-state index in [1.165, 1.54) is 5.56 Å². The average Bonchev–Trinajstić information content (AvgIpc) is 2.38. The van der Waals surface area contributed by atoms with Gasteiger partial charge in [-0.25, -0.2) is 4.98 Å². The number of hydrogen-bond donors (Lipinski definition) is 1. The van der Waals surface area contributed by atoms with Gasteiger partial charge in [-0.2, -0.15) is 0 Å². The summed E-state index contributed by atoms with van der Waals surface area (Å²) in [6.45, 7) is 2.55. The van der Waals surface area contributed by atoms with E-state index in [2.05, 4.69) is 24.0 Å². The van der Waals surface area contributed by atoms with Crippen LogP contribution in [0.2, 0.25) is 5.15 Å². The summed E-state index contributed by atoms with van der Waals surface area (Å²) >= 11 is 6.06. The number of nitrogens with zero attached hydrogens (tertiary/aromatic N) is 1. The minimum Gasteiger partial charge on any atom is -0.326 e. The number of benzene rings is 1. The van der Waals surface area contributed by atoms with E-state index in [0.29, 0.717) is 11.7 Å². The van der Waals surface area contributed by atoms with Crippen molar-refractivity contribution in [2.45, 2.75) is 19.9 Å². The van der Waals surface area contributed by atoms with Crippen LogP contribution in [0.3, 0.4) is 0 Å². The van der Waals surface area contributed by atoms with Crippen LogP contribution in [0.4, 0.5) is 0 Å². The molecule has 0 bridgehead atoms. The summed E-state index contributed by atoms with van der Waals surface area (Å²) in [5.74, 6) is 0. The van der Waals surface area contributed by atoms with E-state index in [1.807, 2.05) is 24.3 Å². The molecule has 0 unspecified atom stereocenters. The monoisotopic (exact) mass is 246 g/mol. The summed E-state index contributed by atoms with van der Waals surface area (Å²) in [5, 5.41) is 0.493. The Bertz CT molecular complexity index is 523. The molecule has 0 radical (unpaired) electrons. The van der Waals surface area contributed by atoms with Crippen molar-refractivity contribution in [3.63, 3.8) is 0 Å². The Labute approximate surface area is 106 Å². The molecule has 3 heteroatoms. The lowest BCUT2D eigenvalue weighted by Gasteiger charge is -2.06. The lowest BCUT2D eigenvalue weighted by molar-refractivity contribution is 1.05. The summed E-state index contributed by atoms with van der Waals surface area (Å²) in [6, 6.07) is 12.2. The first-order valence-corrected chi connectivity index (χ1v) is 6.07. The molecule has 1 heterocycles. The molecule has 0 amide bonds. The molecule has 17 heavy (non-hydrogen) atoms. The van der Waals surface area contributed by atoms with E-state index in [4.69, 9.17) is 17.3 Å². The van der Waals surface area contributed by atoms with Gasteiger partial charge in [0.05, 0.1) is 5.69 Å². The molecule has 2 aromatic rings. The van der Waals surface area contributed by atoms with Crippen molar-refractivity contribution >= 4 is 11.6 Å². The van der Waals surface area contributed by atoms with Crippen molar-refractivity contribution in [1.29, 1.82) is 0 Å². The molecule has 88 valence electrons. The Morgan fingerprint density at radius 2 is 2.06 bits per heavy atom. The highest BCUT2D eigenvalue weighted by Crippen LogP contribution is 2.22. The lowest BCUT2D eigenvalue weighted by Crippen LogP contribution is -1.99. The van der Waals surface area contributed by atoms with Gasteiger partial charge < -0.3 is 5.73 Å². The van der Waals surface area contributed by atoms with Gasteiger partial charge in [-0.15, -0.1) is 0 Å². The Morgan fingerprint density at radius 1 is 1.24 bits per heavy atom. The molecule has 0 aliphatic rings. The molecule has 0 spiro atoms. The summed E-state index contributed by atoms with van der Waals surface area (Å²) in [7, 11) is 0. The molecule has 0 aliphatic heterocycles. The van der Waals surface area contributed by atoms with Crippen LogP contribution in [-0.2, 0) is 13.0 Å². The van der Waals surface area contributed by atoms with Crippen molar-refractivity contribution in [3.05, 3.63) is 52.7 Å². The maximum atomic E-state index is 6.06. The van der Waals surface area contributed by atoms with E-state index >= 15 is 0 Å². The third-order valence-electron chi connectivity index (χ3n) is 2.78. The summed E-state index contributed by atoms with van der Waals surface area (Å²) in [6.07, 6.45) is 1.02. The van der Waals surface area contributed by atoms with Crippen LogP contribution in [0, 0.1) is 0 Å². The number of nitrogens with two attached hydrogens (primary N) is 1. The van der Waals surface area contributed by atoms with Crippen LogP contribution in [0.5, 0.6) is 0 Å². The highest BCUT2D eigenvalue weighted by Gasteiger charge is 2.04. The van der Waals surface area contributed by atoms with Gasteiger partial charge in [0.15, 0.2) is 0 Å². The van der Waals surface area contributed by atoms with Crippen molar-refractivity contribution < 1.29 is 0 Å². The first kappa shape index (κ1) is 12.1. The van der Waals surface area contributed by atoms with Crippen LogP contribution in [0.25, 0.3) is 11.3 Å². The minimum atomic E-state index is 0.418. The van der Waals surface area contributed by atoms with Crippen molar-refractivity contribution in [1.82, 2.24) is 4.98 Å². The molecular formula is C14H15ClN2. The maximum Gasteiger partial charge on any atom is 0.134 e. The Kier molecular flexibility index (Phi) is 3.77. The minimum absolute atomic E-state index is 0.418. The van der Waals surface area contributed by atoms with E-state index in [0.717, 1.165) is 23.2 Å². The largest absolute Gasteiger partial charge is 0.326 e. The fraction of sp³-hybridized carbons (Fsp3) is 0.214. The molecule has 0 saturated carbocycles. The molecule has 1 aromatic carbocycles. The standard InChI is InChI=1S/C14H15ClN2/c1-2-10-4-3-5-11(8-10)13-7-6-12(9-16)14(15)17-13/h3-8H,2,9,16H2,1H3. The predicted molar refractivity (Wildman–Crippen MR) is 72.0 cm³/mol. The van der Waals surface area contributed by atoms with Gasteiger partial charge >= 0.3 is 0 Å². The predicted octanol–water partition coefficient (Wildman–Crippen LogP) is 3.42. The van der Waals surface area contributed by atoms with Gasteiger partial charge in [-0.05, 0) is 24.1 Å². The second kappa shape index (κ2) is 5.30. The van der Waals surface area contributed by atoms with Gasteiger partial charge in [-0.3, -0.25) is 0 Å². The van der Waals surface area contributed by atoms with Crippen molar-refractivity contribution in [2.75, 3.05) is 0 Å². The molecule has 1 aromatic heterocycles. The van der Waals surface area contributed by atoms with Crippen LogP contribution in [-0.4, -0.2) is 4.98 Å². The molecule has 0 atom stereocenters. The van der Waals surface area contributed by atoms with E-state index < -0.39 is 0 Å². The third kappa shape index (κ3) is 2.65. The quantitative estimate of drug-likeness (QED) is 0.843. The van der Waals surface area contributed by atoms with E-state index in [9.17, 15) is 0 Å². The second-order valence-corrected chi connectivity index (χ2v) is 4.26. The van der Waals surface area contributed by atoms with Crippen LogP contribution in [0.15, 0.2) is 36.4 Å². The lowest BCUT2D eigenvalue weighted by atomic mass is 10.1. The summed E-state index contributed by atoms with van der Waals surface area (Å²) in [4.78, 5) is 4.38. The molecule has 0 fully saturated rings. The molecule has 2 N–H and O–H groups in total. The first-order chi connectivity index (χ1) is 8.24. The zero-order valence-corrected chi connectivity index (χ0v) is 10.5. The van der Waals surface area contributed by atoms with Gasteiger partial charge in [0.2, 0.25) is 0 Å². The SMILES string of the molecule is CCc1cccc(-c2ccc(CN)c(Cl)n2)c1. The molecule has 0 saturated heterocycles. The number of aryl methyl sites for hydroxylation is 1. The van der Waals surface area contributed by atoms with Gasteiger partial charge in [0, 0.05) is 17.7 Å². The summed E-state index contributed by atoms with van der Waals surface area (Å²) < 4.78 is 0.